The van der Waals surface area contributed by atoms with Crippen molar-refractivity contribution in [3.63, 3.8) is 0 Å². The predicted molar refractivity (Wildman–Crippen MR) is 62.1 cm³/mol. The normalized spacial score (nSPS) is 16.7. The smallest absolute Gasteiger partial charge is 0.241 e. The van der Waals surface area contributed by atoms with Crippen molar-refractivity contribution >= 4 is 18.3 Å². The number of hydrogen-bond acceptors (Lipinski definition) is 3. The van der Waals surface area contributed by atoms with Crippen molar-refractivity contribution in [1.29, 1.82) is 0 Å². The summed E-state index contributed by atoms with van der Waals surface area (Å²) < 4.78 is 4.84. The maximum atomic E-state index is 11.6. The number of nitrogens with zero attached hydrogens (tertiary/aromatic N) is 1. The quantitative estimate of drug-likeness (QED) is 0.737. The second-order valence-corrected chi connectivity index (χ2v) is 4.05. The van der Waals surface area contributed by atoms with Gasteiger partial charge in [-0.2, -0.15) is 0 Å². The maximum absolute atomic E-state index is 11.6. The predicted octanol–water partition coefficient (Wildman–Crippen LogP) is 0.640. The largest absolute Gasteiger partial charge is 0.383 e. The highest BCUT2D eigenvalue weighted by atomic mass is 35.5. The number of ether oxygens (including phenoxy) is 1. The molecule has 90 valence electrons. The van der Waals surface area contributed by atoms with Crippen molar-refractivity contribution < 1.29 is 9.53 Å². The number of rotatable bonds is 6. The first-order valence-corrected chi connectivity index (χ1v) is 5.14. The van der Waals surface area contributed by atoms with Gasteiger partial charge in [0.05, 0.1) is 6.61 Å². The van der Waals surface area contributed by atoms with Crippen LogP contribution >= 0.6 is 12.4 Å². The lowest BCUT2D eigenvalue weighted by Crippen LogP contribution is -2.44. The van der Waals surface area contributed by atoms with Gasteiger partial charge in [-0.25, -0.2) is 0 Å². The number of halogens is 1. The van der Waals surface area contributed by atoms with Crippen LogP contribution in [0.2, 0.25) is 0 Å². The summed E-state index contributed by atoms with van der Waals surface area (Å²) in [6, 6.07) is -0.510. The third-order valence-electron chi connectivity index (χ3n) is 2.61. The Balaban J connectivity index is 0.00000196. The molecule has 0 bridgehead atoms. The molecule has 5 heteroatoms. The zero-order chi connectivity index (χ0) is 10.6. The minimum Gasteiger partial charge on any atom is -0.383 e. The molecule has 2 N–H and O–H groups in total. The van der Waals surface area contributed by atoms with Gasteiger partial charge in [-0.3, -0.25) is 4.79 Å². The van der Waals surface area contributed by atoms with Crippen LogP contribution < -0.4 is 5.73 Å². The standard InChI is InChI=1S/C10H20N2O2.ClH/c1-12(6-5-8-3-4-8)10(13)9(11)7-14-2;/h8-9H,3-7,11H2,1-2H3;1H. The summed E-state index contributed by atoms with van der Waals surface area (Å²) >= 11 is 0. The van der Waals surface area contributed by atoms with E-state index < -0.39 is 6.04 Å². The van der Waals surface area contributed by atoms with E-state index >= 15 is 0 Å². The lowest BCUT2D eigenvalue weighted by Gasteiger charge is -2.20. The molecule has 1 rings (SSSR count). The first kappa shape index (κ1) is 14.7. The molecule has 0 aromatic rings. The van der Waals surface area contributed by atoms with Crippen molar-refractivity contribution in [3.05, 3.63) is 0 Å². The van der Waals surface area contributed by atoms with Crippen molar-refractivity contribution in [1.82, 2.24) is 4.90 Å². The molecule has 4 nitrogen and oxygen atoms in total. The molecule has 0 saturated heterocycles. The fourth-order valence-electron chi connectivity index (χ4n) is 1.43. The van der Waals surface area contributed by atoms with E-state index in [1.807, 2.05) is 0 Å². The summed E-state index contributed by atoms with van der Waals surface area (Å²) in [6.45, 7) is 1.12. The molecule has 0 heterocycles. The molecule has 0 aromatic carbocycles. The van der Waals surface area contributed by atoms with Gasteiger partial charge in [-0.05, 0) is 12.3 Å². The molecule has 1 atom stereocenters. The number of carbonyl (C=O) groups is 1. The topological polar surface area (TPSA) is 55.6 Å². The summed E-state index contributed by atoms with van der Waals surface area (Å²) in [7, 11) is 3.36. The number of methoxy groups -OCH3 is 1. The second kappa shape index (κ2) is 7.04. The van der Waals surface area contributed by atoms with Crippen LogP contribution in [-0.2, 0) is 9.53 Å². The van der Waals surface area contributed by atoms with Gasteiger partial charge in [-0.15, -0.1) is 12.4 Å². The van der Waals surface area contributed by atoms with Gasteiger partial charge in [0, 0.05) is 20.7 Å². The van der Waals surface area contributed by atoms with E-state index in [1.54, 1.807) is 19.1 Å². The fourth-order valence-corrected chi connectivity index (χ4v) is 1.43. The summed E-state index contributed by atoms with van der Waals surface area (Å²) in [5.41, 5.74) is 5.63. The number of nitrogens with two attached hydrogens (primary N) is 1. The Kier molecular flexibility index (Phi) is 6.89. The van der Waals surface area contributed by atoms with Crippen LogP contribution in [0.15, 0.2) is 0 Å². The van der Waals surface area contributed by atoms with E-state index in [1.165, 1.54) is 12.8 Å². The maximum Gasteiger partial charge on any atom is 0.241 e. The lowest BCUT2D eigenvalue weighted by atomic mass is 10.2. The summed E-state index contributed by atoms with van der Waals surface area (Å²) in [4.78, 5) is 13.3. The Hall–Kier alpha value is -0.320. The molecule has 1 aliphatic rings. The Morgan fingerprint density at radius 3 is 2.67 bits per heavy atom. The van der Waals surface area contributed by atoms with E-state index in [4.69, 9.17) is 10.5 Å². The van der Waals surface area contributed by atoms with E-state index in [-0.39, 0.29) is 18.3 Å². The zero-order valence-corrected chi connectivity index (χ0v) is 10.3. The Labute approximate surface area is 97.5 Å². The van der Waals surface area contributed by atoms with Gasteiger partial charge in [-0.1, -0.05) is 12.8 Å². The minimum atomic E-state index is -0.510. The van der Waals surface area contributed by atoms with Gasteiger partial charge in [0.1, 0.15) is 6.04 Å². The van der Waals surface area contributed by atoms with Crippen molar-refractivity contribution in [2.24, 2.45) is 11.7 Å². The van der Waals surface area contributed by atoms with E-state index in [0.717, 1.165) is 18.9 Å². The average molecular weight is 237 g/mol. The molecular weight excluding hydrogens is 216 g/mol. The SMILES string of the molecule is COCC(N)C(=O)N(C)CCC1CC1.Cl. The van der Waals surface area contributed by atoms with Gasteiger partial charge in [0.2, 0.25) is 5.91 Å². The monoisotopic (exact) mass is 236 g/mol. The van der Waals surface area contributed by atoms with Crippen LogP contribution in [0.5, 0.6) is 0 Å². The van der Waals surface area contributed by atoms with Crippen molar-refractivity contribution in [2.75, 3.05) is 27.3 Å². The summed E-state index contributed by atoms with van der Waals surface area (Å²) in [5.74, 6) is 0.830. The third-order valence-corrected chi connectivity index (χ3v) is 2.61. The minimum absolute atomic E-state index is 0. The molecule has 0 radical (unpaired) electrons. The number of likely N-dealkylation sites (N-methyl/N-ethyl adjacent to an activating group) is 1. The Morgan fingerprint density at radius 2 is 2.20 bits per heavy atom. The van der Waals surface area contributed by atoms with Crippen LogP contribution in [0.1, 0.15) is 19.3 Å². The molecule has 15 heavy (non-hydrogen) atoms. The van der Waals surface area contributed by atoms with Crippen molar-refractivity contribution in [2.45, 2.75) is 25.3 Å². The molecule has 1 unspecified atom stereocenters. The van der Waals surface area contributed by atoms with Crippen molar-refractivity contribution in [3.8, 4) is 0 Å². The molecule has 1 amide bonds. The lowest BCUT2D eigenvalue weighted by molar-refractivity contribution is -0.132. The molecule has 0 aromatic heterocycles. The highest BCUT2D eigenvalue weighted by Crippen LogP contribution is 2.32. The molecule has 1 aliphatic carbocycles. The van der Waals surface area contributed by atoms with E-state index in [9.17, 15) is 4.79 Å². The van der Waals surface area contributed by atoms with E-state index in [0.29, 0.717) is 6.61 Å². The molecule has 0 aliphatic heterocycles. The average Bonchev–Trinajstić information content (AvgIpc) is 2.97. The molecule has 1 saturated carbocycles. The van der Waals surface area contributed by atoms with Crippen LogP contribution in [0, 0.1) is 5.92 Å². The highest BCUT2D eigenvalue weighted by Gasteiger charge is 2.23. The zero-order valence-electron chi connectivity index (χ0n) is 9.44. The first-order valence-electron chi connectivity index (χ1n) is 5.14. The van der Waals surface area contributed by atoms with E-state index in [2.05, 4.69) is 0 Å². The summed E-state index contributed by atoms with van der Waals surface area (Å²) in [5, 5.41) is 0. The van der Waals surface area contributed by atoms with Crippen LogP contribution in [0.25, 0.3) is 0 Å². The summed E-state index contributed by atoms with van der Waals surface area (Å²) in [6.07, 6.45) is 3.76. The third kappa shape index (κ3) is 5.35. The van der Waals surface area contributed by atoms with Gasteiger partial charge in [0.25, 0.3) is 0 Å². The number of amides is 1. The fraction of sp³-hybridized carbons (Fsp3) is 0.900. The van der Waals surface area contributed by atoms with Gasteiger partial charge in [0.15, 0.2) is 0 Å². The number of hydrogen-bond donors (Lipinski definition) is 1. The highest BCUT2D eigenvalue weighted by molar-refractivity contribution is 5.85. The first-order chi connectivity index (χ1) is 6.65. The molecule has 0 spiro atoms. The molecular formula is C10H21ClN2O2. The Bertz CT molecular complexity index is 198. The van der Waals surface area contributed by atoms with Crippen LogP contribution in [-0.4, -0.2) is 44.2 Å². The molecule has 1 fully saturated rings. The van der Waals surface area contributed by atoms with Crippen LogP contribution in [0.4, 0.5) is 0 Å². The van der Waals surface area contributed by atoms with Gasteiger partial charge >= 0.3 is 0 Å². The van der Waals surface area contributed by atoms with Crippen LogP contribution in [0.3, 0.4) is 0 Å². The number of carbonyl (C=O) groups excluding carboxylic acids is 1. The Morgan fingerprint density at radius 1 is 1.60 bits per heavy atom. The second-order valence-electron chi connectivity index (χ2n) is 4.05. The van der Waals surface area contributed by atoms with Gasteiger partial charge < -0.3 is 15.4 Å².